The molecular formula is C28H33ClFN3O4. The summed E-state index contributed by atoms with van der Waals surface area (Å²) in [7, 11) is 0. The van der Waals surface area contributed by atoms with Gasteiger partial charge in [0.2, 0.25) is 0 Å². The summed E-state index contributed by atoms with van der Waals surface area (Å²) in [5.74, 6) is -1.07. The first-order chi connectivity index (χ1) is 17.5. The second-order valence-corrected chi connectivity index (χ2v) is 10.8. The molecule has 2 aromatic carbocycles. The minimum Gasteiger partial charge on any atom is -0.450 e. The average Bonchev–Trinajstić information content (AvgIpc) is 3.40. The van der Waals surface area contributed by atoms with Crippen molar-refractivity contribution in [2.75, 3.05) is 37.6 Å². The highest BCUT2D eigenvalue weighted by molar-refractivity contribution is 6.33. The first-order valence-electron chi connectivity index (χ1n) is 12.6. The molecule has 0 aliphatic carbocycles. The zero-order chi connectivity index (χ0) is 26.7. The molecule has 1 unspecified atom stereocenters. The molecule has 2 heterocycles. The van der Waals surface area contributed by atoms with Gasteiger partial charge in [-0.3, -0.25) is 14.4 Å². The van der Waals surface area contributed by atoms with Gasteiger partial charge in [-0.05, 0) is 56.5 Å². The molecule has 198 valence electrons. The Morgan fingerprint density at radius 1 is 1.08 bits per heavy atom. The maximum atomic E-state index is 14.2. The Balaban J connectivity index is 1.27. The fraction of sp³-hybridized carbons (Fsp3) is 0.464. The van der Waals surface area contributed by atoms with Gasteiger partial charge >= 0.3 is 5.97 Å². The molecule has 0 radical (unpaired) electrons. The number of ether oxygens (including phenoxy) is 1. The number of anilines is 1. The standard InChI is InChI=1S/C28H33ClFN3O4/c1-18(34)37-28(2,3)27(36)31-12-6-8-19-7-4-9-22(13-19)32-14-20-16-33(17-21(20)15-32)26(35)25-23(29)10-5-11-24(25)30/h4-5,7,9-11,13,20-21H,6,8,12,14-17H2,1-3H3,(H,31,36)/t20-,21?/m0/s1. The van der Waals surface area contributed by atoms with Crippen molar-refractivity contribution in [3.8, 4) is 0 Å². The van der Waals surface area contributed by atoms with Gasteiger partial charge in [0, 0.05) is 57.2 Å². The predicted octanol–water partition coefficient (Wildman–Crippen LogP) is 4.08. The first-order valence-corrected chi connectivity index (χ1v) is 13.0. The van der Waals surface area contributed by atoms with Crippen LogP contribution in [-0.2, 0) is 20.7 Å². The fourth-order valence-corrected chi connectivity index (χ4v) is 5.50. The molecule has 2 saturated heterocycles. The number of halogens is 2. The molecule has 2 atom stereocenters. The van der Waals surface area contributed by atoms with Crippen molar-refractivity contribution in [1.82, 2.24) is 10.2 Å². The number of hydrogen-bond acceptors (Lipinski definition) is 5. The maximum Gasteiger partial charge on any atom is 0.303 e. The number of hydrogen-bond donors (Lipinski definition) is 1. The molecule has 0 spiro atoms. The van der Waals surface area contributed by atoms with Crippen molar-refractivity contribution >= 4 is 35.1 Å². The van der Waals surface area contributed by atoms with Gasteiger partial charge in [0.15, 0.2) is 5.60 Å². The third-order valence-electron chi connectivity index (χ3n) is 7.10. The molecule has 1 N–H and O–H groups in total. The van der Waals surface area contributed by atoms with E-state index in [1.807, 2.05) is 6.07 Å². The number of aryl methyl sites for hydroxylation is 1. The van der Waals surface area contributed by atoms with Crippen LogP contribution in [0.3, 0.4) is 0 Å². The van der Waals surface area contributed by atoms with E-state index >= 15 is 0 Å². The molecule has 0 bridgehead atoms. The lowest BCUT2D eigenvalue weighted by atomic mass is 10.0. The lowest BCUT2D eigenvalue weighted by Crippen LogP contribution is -2.45. The quantitative estimate of drug-likeness (QED) is 0.412. The fourth-order valence-electron chi connectivity index (χ4n) is 5.25. The molecule has 2 aromatic rings. The number of amides is 2. The highest BCUT2D eigenvalue weighted by atomic mass is 35.5. The minimum absolute atomic E-state index is 0.0418. The van der Waals surface area contributed by atoms with E-state index in [1.54, 1.807) is 24.8 Å². The van der Waals surface area contributed by atoms with Gasteiger partial charge in [0.25, 0.3) is 11.8 Å². The van der Waals surface area contributed by atoms with Gasteiger partial charge in [-0.1, -0.05) is 29.8 Å². The van der Waals surface area contributed by atoms with Gasteiger partial charge in [0.05, 0.1) is 10.6 Å². The highest BCUT2D eigenvalue weighted by Gasteiger charge is 2.42. The normalized spacial score (nSPS) is 19.1. The summed E-state index contributed by atoms with van der Waals surface area (Å²) in [6.45, 7) is 7.77. The van der Waals surface area contributed by atoms with E-state index in [0.717, 1.165) is 31.6 Å². The average molecular weight is 530 g/mol. The van der Waals surface area contributed by atoms with Gasteiger partial charge in [-0.2, -0.15) is 0 Å². The van der Waals surface area contributed by atoms with Crippen molar-refractivity contribution in [1.29, 1.82) is 0 Å². The summed E-state index contributed by atoms with van der Waals surface area (Å²) in [6.07, 6.45) is 1.56. The Kier molecular flexibility index (Phi) is 8.07. The lowest BCUT2D eigenvalue weighted by molar-refractivity contribution is -0.162. The summed E-state index contributed by atoms with van der Waals surface area (Å²) in [4.78, 5) is 40.4. The van der Waals surface area contributed by atoms with Crippen LogP contribution in [0.5, 0.6) is 0 Å². The Morgan fingerprint density at radius 2 is 1.76 bits per heavy atom. The third kappa shape index (κ3) is 6.24. The molecule has 0 aromatic heterocycles. The number of carbonyl (C=O) groups excluding carboxylic acids is 3. The van der Waals surface area contributed by atoms with Crippen LogP contribution in [0.2, 0.25) is 5.02 Å². The number of carbonyl (C=O) groups is 3. The minimum atomic E-state index is -1.19. The van der Waals surface area contributed by atoms with E-state index in [1.165, 1.54) is 24.6 Å². The van der Waals surface area contributed by atoms with Crippen molar-refractivity contribution in [2.45, 2.75) is 39.2 Å². The van der Waals surface area contributed by atoms with Crippen molar-refractivity contribution in [2.24, 2.45) is 11.8 Å². The second-order valence-electron chi connectivity index (χ2n) is 10.4. The third-order valence-corrected chi connectivity index (χ3v) is 7.41. The Hall–Kier alpha value is -3.13. The SMILES string of the molecule is CC(=O)OC(C)(C)C(=O)NCCCc1cccc(N2CC3CN(C(=O)c4c(F)cccc4Cl)C[C@@H]3C2)c1. The van der Waals surface area contributed by atoms with Crippen molar-refractivity contribution < 1.29 is 23.5 Å². The Labute approximate surface area is 221 Å². The summed E-state index contributed by atoms with van der Waals surface area (Å²) < 4.78 is 19.3. The topological polar surface area (TPSA) is 79.0 Å². The van der Waals surface area contributed by atoms with Gasteiger partial charge in [-0.25, -0.2) is 4.39 Å². The molecular weight excluding hydrogens is 497 g/mol. The van der Waals surface area contributed by atoms with Crippen LogP contribution in [0.25, 0.3) is 0 Å². The summed E-state index contributed by atoms with van der Waals surface area (Å²) in [6, 6.07) is 12.7. The number of fused-ring (bicyclic) bond motifs is 1. The van der Waals surface area contributed by atoms with E-state index in [-0.39, 0.29) is 22.4 Å². The number of nitrogens with one attached hydrogen (secondary N) is 1. The molecule has 2 amide bonds. The smallest absolute Gasteiger partial charge is 0.303 e. The number of esters is 1. The van der Waals surface area contributed by atoms with Gasteiger partial charge in [-0.15, -0.1) is 0 Å². The monoisotopic (exact) mass is 529 g/mol. The van der Waals surface area contributed by atoms with Crippen molar-refractivity contribution in [3.63, 3.8) is 0 Å². The highest BCUT2D eigenvalue weighted by Crippen LogP contribution is 2.35. The van der Waals surface area contributed by atoms with E-state index in [0.29, 0.717) is 31.5 Å². The zero-order valence-electron chi connectivity index (χ0n) is 21.4. The first kappa shape index (κ1) is 26.9. The van der Waals surface area contributed by atoms with Crippen LogP contribution in [0.15, 0.2) is 42.5 Å². The van der Waals surface area contributed by atoms with E-state index in [9.17, 15) is 18.8 Å². The maximum absolute atomic E-state index is 14.2. The lowest BCUT2D eigenvalue weighted by Gasteiger charge is -2.24. The summed E-state index contributed by atoms with van der Waals surface area (Å²) >= 11 is 6.11. The largest absolute Gasteiger partial charge is 0.450 e. The van der Waals surface area contributed by atoms with Crippen LogP contribution < -0.4 is 10.2 Å². The van der Waals surface area contributed by atoms with Crippen LogP contribution >= 0.6 is 11.6 Å². The van der Waals surface area contributed by atoms with Crippen LogP contribution in [0.1, 0.15) is 43.1 Å². The van der Waals surface area contributed by atoms with Crippen LogP contribution in [-0.4, -0.2) is 61.0 Å². The zero-order valence-corrected chi connectivity index (χ0v) is 22.2. The van der Waals surface area contributed by atoms with Crippen LogP contribution in [0.4, 0.5) is 10.1 Å². The molecule has 2 aliphatic heterocycles. The summed E-state index contributed by atoms with van der Waals surface area (Å²) in [5, 5.41) is 2.98. The van der Waals surface area contributed by atoms with Gasteiger partial charge in [0.1, 0.15) is 5.82 Å². The Bertz CT molecular complexity index is 1150. The molecule has 0 saturated carbocycles. The molecule has 2 fully saturated rings. The predicted molar refractivity (Wildman–Crippen MR) is 140 cm³/mol. The number of rotatable bonds is 8. The van der Waals surface area contributed by atoms with Crippen LogP contribution in [0, 0.1) is 17.7 Å². The second kappa shape index (κ2) is 11.1. The Morgan fingerprint density at radius 3 is 2.41 bits per heavy atom. The molecule has 2 aliphatic rings. The van der Waals surface area contributed by atoms with E-state index in [4.69, 9.17) is 16.3 Å². The van der Waals surface area contributed by atoms with Gasteiger partial charge < -0.3 is 19.9 Å². The number of nitrogens with zero attached hydrogens (tertiary/aromatic N) is 2. The van der Waals surface area contributed by atoms with E-state index < -0.39 is 17.4 Å². The molecule has 9 heteroatoms. The number of benzene rings is 2. The molecule has 7 nitrogen and oxygen atoms in total. The van der Waals surface area contributed by atoms with Crippen molar-refractivity contribution in [3.05, 3.63) is 64.4 Å². The van der Waals surface area contributed by atoms with E-state index in [2.05, 4.69) is 28.4 Å². The summed E-state index contributed by atoms with van der Waals surface area (Å²) in [5.41, 5.74) is 1.08. The molecule has 4 rings (SSSR count). The molecule has 37 heavy (non-hydrogen) atoms. The number of likely N-dealkylation sites (tertiary alicyclic amines) is 1.